The lowest BCUT2D eigenvalue weighted by molar-refractivity contribution is 0.0706. The van der Waals surface area contributed by atoms with Crippen LogP contribution in [0.4, 0.5) is 0 Å². The second-order valence-electron chi connectivity index (χ2n) is 4.87. The quantitative estimate of drug-likeness (QED) is 0.878. The van der Waals surface area contributed by atoms with Crippen LogP contribution in [0.2, 0.25) is 0 Å². The van der Waals surface area contributed by atoms with Crippen LogP contribution in [0.3, 0.4) is 0 Å². The van der Waals surface area contributed by atoms with Crippen LogP contribution in [-0.2, 0) is 0 Å². The molecule has 0 saturated heterocycles. The number of carbonyl (C=O) groups is 1. The topological polar surface area (TPSA) is 36.1 Å². The van der Waals surface area contributed by atoms with Gasteiger partial charge in [-0.2, -0.15) is 0 Å². The first-order valence-corrected chi connectivity index (χ1v) is 6.51. The van der Waals surface area contributed by atoms with E-state index in [1.807, 2.05) is 35.4 Å². The molecule has 1 N–H and O–H groups in total. The Labute approximate surface area is 108 Å². The van der Waals surface area contributed by atoms with Crippen LogP contribution in [0, 0.1) is 0 Å². The molecule has 3 nitrogen and oxygen atoms in total. The van der Waals surface area contributed by atoms with Gasteiger partial charge < -0.3 is 9.88 Å². The molecule has 0 radical (unpaired) electrons. The van der Waals surface area contributed by atoms with Crippen LogP contribution >= 0.6 is 0 Å². The van der Waals surface area contributed by atoms with Crippen molar-refractivity contribution in [3.63, 3.8) is 0 Å². The number of H-pyrrole nitrogens is 1. The lowest BCUT2D eigenvalue weighted by Crippen LogP contribution is -2.37. The SMILES string of the molecule is CCCN(C(=O)c1ccc2[nH]ccc2c1)C(C)C. The van der Waals surface area contributed by atoms with Crippen molar-refractivity contribution in [3.8, 4) is 0 Å². The lowest BCUT2D eigenvalue weighted by Gasteiger charge is -2.26. The van der Waals surface area contributed by atoms with Gasteiger partial charge in [-0.05, 0) is 44.5 Å². The third-order valence-electron chi connectivity index (χ3n) is 3.15. The van der Waals surface area contributed by atoms with Gasteiger partial charge in [0.05, 0.1) is 0 Å². The Kier molecular flexibility index (Phi) is 3.70. The van der Waals surface area contributed by atoms with E-state index < -0.39 is 0 Å². The van der Waals surface area contributed by atoms with E-state index in [-0.39, 0.29) is 11.9 Å². The van der Waals surface area contributed by atoms with Crippen molar-refractivity contribution < 1.29 is 4.79 Å². The third-order valence-corrected chi connectivity index (χ3v) is 3.15. The Balaban J connectivity index is 2.30. The molecule has 2 aromatic rings. The van der Waals surface area contributed by atoms with Gasteiger partial charge in [-0.15, -0.1) is 0 Å². The van der Waals surface area contributed by atoms with E-state index in [0.717, 1.165) is 29.4 Å². The average Bonchev–Trinajstić information content (AvgIpc) is 2.81. The zero-order valence-corrected chi connectivity index (χ0v) is 11.2. The Morgan fingerprint density at radius 2 is 2.11 bits per heavy atom. The van der Waals surface area contributed by atoms with Crippen LogP contribution in [0.25, 0.3) is 10.9 Å². The molecule has 0 saturated carbocycles. The van der Waals surface area contributed by atoms with Crippen molar-refractivity contribution in [1.82, 2.24) is 9.88 Å². The predicted octanol–water partition coefficient (Wildman–Crippen LogP) is 3.43. The molecule has 18 heavy (non-hydrogen) atoms. The summed E-state index contributed by atoms with van der Waals surface area (Å²) >= 11 is 0. The highest BCUT2D eigenvalue weighted by Crippen LogP contribution is 2.16. The fraction of sp³-hybridized carbons (Fsp3) is 0.400. The van der Waals surface area contributed by atoms with Gasteiger partial charge in [0.1, 0.15) is 0 Å². The Bertz CT molecular complexity index is 542. The second kappa shape index (κ2) is 5.25. The molecule has 0 bridgehead atoms. The van der Waals surface area contributed by atoms with Crippen molar-refractivity contribution in [2.75, 3.05) is 6.54 Å². The molecule has 1 amide bonds. The maximum Gasteiger partial charge on any atom is 0.254 e. The summed E-state index contributed by atoms with van der Waals surface area (Å²) in [6.07, 6.45) is 2.88. The normalized spacial score (nSPS) is 11.1. The summed E-state index contributed by atoms with van der Waals surface area (Å²) in [6, 6.07) is 8.05. The molecule has 3 heteroatoms. The highest BCUT2D eigenvalue weighted by Gasteiger charge is 2.17. The highest BCUT2D eigenvalue weighted by molar-refractivity contribution is 5.98. The third kappa shape index (κ3) is 2.40. The number of aromatic nitrogens is 1. The summed E-state index contributed by atoms with van der Waals surface area (Å²) in [4.78, 5) is 17.5. The molecule has 0 fully saturated rings. The van der Waals surface area contributed by atoms with Gasteiger partial charge in [-0.25, -0.2) is 0 Å². The predicted molar refractivity (Wildman–Crippen MR) is 74.8 cm³/mol. The first-order valence-electron chi connectivity index (χ1n) is 6.51. The molecule has 0 unspecified atom stereocenters. The van der Waals surface area contributed by atoms with Gasteiger partial charge in [-0.1, -0.05) is 6.92 Å². The van der Waals surface area contributed by atoms with Gasteiger partial charge in [0, 0.05) is 35.2 Å². The van der Waals surface area contributed by atoms with Crippen molar-refractivity contribution in [2.45, 2.75) is 33.2 Å². The fourth-order valence-electron chi connectivity index (χ4n) is 2.19. The largest absolute Gasteiger partial charge is 0.361 e. The van der Waals surface area contributed by atoms with Crippen molar-refractivity contribution in [2.24, 2.45) is 0 Å². The number of nitrogens with one attached hydrogen (secondary N) is 1. The van der Waals surface area contributed by atoms with Crippen LogP contribution in [0.5, 0.6) is 0 Å². The Morgan fingerprint density at radius 1 is 1.33 bits per heavy atom. The second-order valence-corrected chi connectivity index (χ2v) is 4.87. The van der Waals surface area contributed by atoms with Crippen molar-refractivity contribution in [3.05, 3.63) is 36.0 Å². The Morgan fingerprint density at radius 3 is 2.78 bits per heavy atom. The molecule has 0 aliphatic carbocycles. The first kappa shape index (κ1) is 12.7. The van der Waals surface area contributed by atoms with E-state index in [1.54, 1.807) is 0 Å². The number of amides is 1. The number of hydrogen-bond acceptors (Lipinski definition) is 1. The highest BCUT2D eigenvalue weighted by atomic mass is 16.2. The van der Waals surface area contributed by atoms with E-state index in [0.29, 0.717) is 0 Å². The molecule has 0 aliphatic heterocycles. The van der Waals surface area contributed by atoms with Gasteiger partial charge >= 0.3 is 0 Å². The summed E-state index contributed by atoms with van der Waals surface area (Å²) in [5.74, 6) is 0.120. The molecule has 0 atom stereocenters. The van der Waals surface area contributed by atoms with E-state index in [1.165, 1.54) is 0 Å². The number of hydrogen-bond donors (Lipinski definition) is 1. The number of benzene rings is 1. The van der Waals surface area contributed by atoms with Gasteiger partial charge in [0.2, 0.25) is 0 Å². The van der Waals surface area contributed by atoms with E-state index in [9.17, 15) is 4.79 Å². The average molecular weight is 244 g/mol. The minimum absolute atomic E-state index is 0.120. The molecule has 2 rings (SSSR count). The molecule has 1 aromatic carbocycles. The minimum Gasteiger partial charge on any atom is -0.361 e. The standard InChI is InChI=1S/C15H20N2O/c1-4-9-17(11(2)3)15(18)13-5-6-14-12(10-13)7-8-16-14/h5-8,10-11,16H,4,9H2,1-3H3. The van der Waals surface area contributed by atoms with Crippen LogP contribution in [0.1, 0.15) is 37.6 Å². The number of fused-ring (bicyclic) bond motifs is 1. The van der Waals surface area contributed by atoms with Crippen LogP contribution in [-0.4, -0.2) is 28.4 Å². The number of aromatic amines is 1. The fourth-order valence-corrected chi connectivity index (χ4v) is 2.19. The summed E-state index contributed by atoms with van der Waals surface area (Å²) in [7, 11) is 0. The van der Waals surface area contributed by atoms with Crippen LogP contribution < -0.4 is 0 Å². The Hall–Kier alpha value is -1.77. The molecule has 1 aromatic heterocycles. The maximum absolute atomic E-state index is 12.5. The lowest BCUT2D eigenvalue weighted by atomic mass is 10.1. The van der Waals surface area contributed by atoms with E-state index in [2.05, 4.69) is 25.8 Å². The van der Waals surface area contributed by atoms with Gasteiger partial charge in [-0.3, -0.25) is 4.79 Å². The van der Waals surface area contributed by atoms with Crippen molar-refractivity contribution in [1.29, 1.82) is 0 Å². The summed E-state index contributed by atoms with van der Waals surface area (Å²) in [5.41, 5.74) is 1.84. The zero-order chi connectivity index (χ0) is 13.1. The van der Waals surface area contributed by atoms with Gasteiger partial charge in [0.15, 0.2) is 0 Å². The molecule has 0 spiro atoms. The molecule has 1 heterocycles. The monoisotopic (exact) mass is 244 g/mol. The summed E-state index contributed by atoms with van der Waals surface area (Å²) in [6.45, 7) is 7.02. The number of carbonyl (C=O) groups excluding carboxylic acids is 1. The molecule has 96 valence electrons. The molecular formula is C15H20N2O. The number of rotatable bonds is 4. The molecule has 0 aliphatic rings. The van der Waals surface area contributed by atoms with Crippen LogP contribution in [0.15, 0.2) is 30.5 Å². The smallest absolute Gasteiger partial charge is 0.254 e. The zero-order valence-electron chi connectivity index (χ0n) is 11.2. The van der Waals surface area contributed by atoms with E-state index >= 15 is 0 Å². The van der Waals surface area contributed by atoms with Gasteiger partial charge in [0.25, 0.3) is 5.91 Å². The summed E-state index contributed by atoms with van der Waals surface area (Å²) in [5, 5.41) is 1.08. The maximum atomic E-state index is 12.5. The van der Waals surface area contributed by atoms with Crippen molar-refractivity contribution >= 4 is 16.8 Å². The summed E-state index contributed by atoms with van der Waals surface area (Å²) < 4.78 is 0. The first-order chi connectivity index (χ1) is 8.63. The minimum atomic E-state index is 0.120. The molecular weight excluding hydrogens is 224 g/mol. The number of nitrogens with zero attached hydrogens (tertiary/aromatic N) is 1. The van der Waals surface area contributed by atoms with E-state index in [4.69, 9.17) is 0 Å².